The molecule has 2 aliphatic rings. The van der Waals surface area contributed by atoms with Gasteiger partial charge in [0.25, 0.3) is 6.43 Å². The number of alkyl halides is 3. The molecule has 0 aliphatic carbocycles. The molecular weight excluding hydrogens is 261 g/mol. The molecule has 5 atom stereocenters. The van der Waals surface area contributed by atoms with Crippen molar-refractivity contribution in [3.05, 3.63) is 0 Å². The fourth-order valence-electron chi connectivity index (χ4n) is 1.72. The number of hydrogen-bond acceptors (Lipinski definition) is 4. The number of halogens is 3. The van der Waals surface area contributed by atoms with Gasteiger partial charge in [-0.25, -0.2) is 13.2 Å². The van der Waals surface area contributed by atoms with E-state index in [9.17, 15) is 18.3 Å². The summed E-state index contributed by atoms with van der Waals surface area (Å²) in [7, 11) is 1.55. The summed E-state index contributed by atoms with van der Waals surface area (Å²) in [6, 6.07) is -0.640. The third-order valence-corrected chi connectivity index (χ3v) is 5.59. The maximum atomic E-state index is 13.7. The molecule has 0 aromatic heterocycles. The normalized spacial score (nSPS) is 45.9. The highest BCUT2D eigenvalue weighted by Crippen LogP contribution is 2.45. The van der Waals surface area contributed by atoms with Gasteiger partial charge in [-0.1, -0.05) is 11.8 Å². The molecule has 0 unspecified atom stereocenters. The Morgan fingerprint density at radius 3 is 2.75 bits per heavy atom. The molecule has 0 spiro atoms. The second-order valence-corrected chi connectivity index (χ2v) is 6.31. The highest BCUT2D eigenvalue weighted by Gasteiger charge is 2.52. The standard InChI is InChI=1S/C8H11F3N2OS2/c1-12-8-13-3-2(9)4(14)5(6(10)11)15-7(3)16-8/h2-7,14H,1H3,(H,12,13)/t2-,3+,4-,5-,7+/m0/s1. The summed E-state index contributed by atoms with van der Waals surface area (Å²) in [6.45, 7) is 0. The molecule has 0 amide bonds. The first-order valence-corrected chi connectivity index (χ1v) is 6.52. The molecule has 2 aliphatic heterocycles. The van der Waals surface area contributed by atoms with Crippen LogP contribution in [0.4, 0.5) is 13.2 Å². The van der Waals surface area contributed by atoms with E-state index < -0.39 is 30.0 Å². The van der Waals surface area contributed by atoms with Crippen LogP contribution in [-0.2, 0) is 0 Å². The fraction of sp³-hybridized carbons (Fsp3) is 0.875. The lowest BCUT2D eigenvalue weighted by atomic mass is 10.0. The predicted octanol–water partition coefficient (Wildman–Crippen LogP) is 1.08. The molecule has 3 nitrogen and oxygen atoms in total. The average Bonchev–Trinajstić information content (AvgIpc) is 2.66. The first kappa shape index (κ1) is 12.4. The lowest BCUT2D eigenvalue weighted by Crippen LogP contribution is -2.54. The molecule has 0 saturated carbocycles. The number of amidine groups is 1. The SMILES string of the molecule is CN=C1N[C@H]2[C@@H](S1)S[C@H](C(F)F)[C@@H](O)[C@H]2F. The van der Waals surface area contributed by atoms with Gasteiger partial charge in [0.05, 0.1) is 15.9 Å². The maximum Gasteiger partial charge on any atom is 0.252 e. The summed E-state index contributed by atoms with van der Waals surface area (Å²) < 4.78 is 38.5. The number of rotatable bonds is 1. The van der Waals surface area contributed by atoms with Crippen LogP contribution in [0.5, 0.6) is 0 Å². The Balaban J connectivity index is 2.15. The van der Waals surface area contributed by atoms with Gasteiger partial charge >= 0.3 is 0 Å². The zero-order valence-corrected chi connectivity index (χ0v) is 9.94. The third kappa shape index (κ3) is 2.02. The van der Waals surface area contributed by atoms with E-state index in [1.165, 1.54) is 11.8 Å². The first-order valence-electron chi connectivity index (χ1n) is 4.70. The summed E-state index contributed by atoms with van der Waals surface area (Å²) in [6.07, 6.45) is -6.03. The largest absolute Gasteiger partial charge is 0.389 e. The molecule has 2 fully saturated rings. The zero-order valence-electron chi connectivity index (χ0n) is 8.31. The van der Waals surface area contributed by atoms with Crippen LogP contribution in [0.1, 0.15) is 0 Å². The zero-order chi connectivity index (χ0) is 11.9. The van der Waals surface area contributed by atoms with E-state index in [0.717, 1.165) is 11.8 Å². The van der Waals surface area contributed by atoms with Gasteiger partial charge in [0.1, 0.15) is 12.3 Å². The lowest BCUT2D eigenvalue weighted by Gasteiger charge is -2.36. The van der Waals surface area contributed by atoms with Crippen LogP contribution in [0, 0.1) is 0 Å². The van der Waals surface area contributed by atoms with Crippen molar-refractivity contribution in [3.8, 4) is 0 Å². The van der Waals surface area contributed by atoms with Gasteiger partial charge in [-0.05, 0) is 0 Å². The van der Waals surface area contributed by atoms with Crippen LogP contribution in [0.3, 0.4) is 0 Å². The van der Waals surface area contributed by atoms with E-state index in [1.54, 1.807) is 7.05 Å². The number of aliphatic imine (C=N–C) groups is 1. The second-order valence-electron chi connectivity index (χ2n) is 3.56. The van der Waals surface area contributed by atoms with Crippen molar-refractivity contribution in [1.82, 2.24) is 5.32 Å². The maximum absolute atomic E-state index is 13.7. The average molecular weight is 272 g/mol. The monoisotopic (exact) mass is 272 g/mol. The van der Waals surface area contributed by atoms with Gasteiger partial charge < -0.3 is 10.4 Å². The smallest absolute Gasteiger partial charge is 0.252 e. The van der Waals surface area contributed by atoms with Crippen LogP contribution in [-0.4, -0.2) is 51.9 Å². The minimum Gasteiger partial charge on any atom is -0.389 e. The van der Waals surface area contributed by atoms with E-state index in [1.807, 2.05) is 0 Å². The molecule has 2 saturated heterocycles. The van der Waals surface area contributed by atoms with Crippen LogP contribution in [0.2, 0.25) is 0 Å². The van der Waals surface area contributed by atoms with Gasteiger partial charge in [-0.2, -0.15) is 0 Å². The number of thioether (sulfide) groups is 2. The molecule has 0 aromatic carbocycles. The van der Waals surface area contributed by atoms with Crippen LogP contribution in [0.25, 0.3) is 0 Å². The molecule has 8 heteroatoms. The van der Waals surface area contributed by atoms with Crippen molar-refractivity contribution in [2.45, 2.75) is 34.6 Å². The molecule has 2 N–H and O–H groups in total. The number of nitrogens with zero attached hydrogens (tertiary/aromatic N) is 1. The topological polar surface area (TPSA) is 44.6 Å². The van der Waals surface area contributed by atoms with Crippen LogP contribution in [0.15, 0.2) is 4.99 Å². The van der Waals surface area contributed by atoms with Crippen LogP contribution < -0.4 is 5.32 Å². The van der Waals surface area contributed by atoms with Crippen molar-refractivity contribution in [2.24, 2.45) is 4.99 Å². The minimum absolute atomic E-state index is 0.351. The van der Waals surface area contributed by atoms with Gasteiger partial charge in [0.2, 0.25) is 0 Å². The van der Waals surface area contributed by atoms with Gasteiger partial charge in [-0.3, -0.25) is 4.99 Å². The van der Waals surface area contributed by atoms with Gasteiger partial charge in [-0.15, -0.1) is 11.8 Å². The Bertz CT molecular complexity index is 305. The lowest BCUT2D eigenvalue weighted by molar-refractivity contribution is 0.00860. The van der Waals surface area contributed by atoms with E-state index in [0.29, 0.717) is 5.17 Å². The summed E-state index contributed by atoms with van der Waals surface area (Å²) >= 11 is 2.16. The fourth-order valence-corrected chi connectivity index (χ4v) is 4.63. The number of aliphatic hydroxyl groups excluding tert-OH is 1. The highest BCUT2D eigenvalue weighted by molar-refractivity contribution is 8.25. The van der Waals surface area contributed by atoms with E-state index >= 15 is 0 Å². The highest BCUT2D eigenvalue weighted by atomic mass is 32.2. The summed E-state index contributed by atoms with van der Waals surface area (Å²) in [5, 5.41) is 11.4. The Kier molecular flexibility index (Phi) is 3.60. The summed E-state index contributed by atoms with van der Waals surface area (Å²) in [5.41, 5.74) is 0. The van der Waals surface area contributed by atoms with Crippen molar-refractivity contribution in [3.63, 3.8) is 0 Å². The summed E-state index contributed by atoms with van der Waals surface area (Å²) in [5.74, 6) is 0. The Morgan fingerprint density at radius 1 is 1.50 bits per heavy atom. The molecule has 2 rings (SSSR count). The minimum atomic E-state index is -2.72. The van der Waals surface area contributed by atoms with Crippen molar-refractivity contribution in [1.29, 1.82) is 0 Å². The quantitative estimate of drug-likeness (QED) is 0.750. The van der Waals surface area contributed by atoms with Crippen molar-refractivity contribution in [2.75, 3.05) is 7.05 Å². The number of hydrogen-bond donors (Lipinski definition) is 2. The number of aliphatic hydroxyl groups is 1. The van der Waals surface area contributed by atoms with Crippen molar-refractivity contribution >= 4 is 28.7 Å². The molecule has 92 valence electrons. The van der Waals surface area contributed by atoms with E-state index in [2.05, 4.69) is 10.3 Å². The number of nitrogens with one attached hydrogen (secondary N) is 1. The van der Waals surface area contributed by atoms with E-state index in [4.69, 9.17) is 0 Å². The van der Waals surface area contributed by atoms with Gasteiger partial charge in [0, 0.05) is 7.05 Å². The Hall–Kier alpha value is -0.0800. The molecular formula is C8H11F3N2OS2. The molecule has 0 aromatic rings. The Labute approximate surface area is 99.3 Å². The molecule has 0 bridgehead atoms. The number of fused-ring (bicyclic) bond motifs is 1. The second kappa shape index (κ2) is 4.66. The van der Waals surface area contributed by atoms with Gasteiger partial charge in [0.15, 0.2) is 5.17 Å². The third-order valence-electron chi connectivity index (χ3n) is 2.56. The molecule has 2 heterocycles. The van der Waals surface area contributed by atoms with Crippen molar-refractivity contribution < 1.29 is 18.3 Å². The summed E-state index contributed by atoms with van der Waals surface area (Å²) in [4.78, 5) is 3.86. The molecule has 0 radical (unpaired) electrons. The first-order chi connectivity index (χ1) is 7.54. The molecule has 16 heavy (non-hydrogen) atoms. The predicted molar refractivity (Wildman–Crippen MR) is 59.9 cm³/mol. The van der Waals surface area contributed by atoms with E-state index in [-0.39, 0.29) is 4.58 Å². The Morgan fingerprint density at radius 2 is 2.19 bits per heavy atom. The van der Waals surface area contributed by atoms with Crippen LogP contribution >= 0.6 is 23.5 Å².